The Balaban J connectivity index is 1.37. The van der Waals surface area contributed by atoms with Gasteiger partial charge in [0.25, 0.3) is 0 Å². The Hall–Kier alpha value is -2.25. The van der Waals surface area contributed by atoms with Gasteiger partial charge in [0, 0.05) is 48.3 Å². The average molecular weight is 434 g/mol. The van der Waals surface area contributed by atoms with Crippen molar-refractivity contribution in [3.05, 3.63) is 45.4 Å². The summed E-state index contributed by atoms with van der Waals surface area (Å²) >= 11 is 7.63. The second kappa shape index (κ2) is 9.98. The van der Waals surface area contributed by atoms with Crippen LogP contribution in [0.15, 0.2) is 24.4 Å². The van der Waals surface area contributed by atoms with Gasteiger partial charge in [-0.05, 0) is 37.0 Å². The van der Waals surface area contributed by atoms with Crippen LogP contribution in [0.25, 0.3) is 0 Å². The maximum Gasteiger partial charge on any atom is 0.229 e. The molecule has 0 atom stereocenters. The monoisotopic (exact) mass is 433 g/mol. The number of imide groups is 1. The number of nitrogens with zero attached hydrogens (tertiary/aromatic N) is 2. The fraction of sp³-hybridized carbons (Fsp3) is 0.429. The van der Waals surface area contributed by atoms with Crippen LogP contribution in [0, 0.1) is 6.92 Å². The lowest BCUT2D eigenvalue weighted by atomic mass is 10.1. The van der Waals surface area contributed by atoms with Crippen molar-refractivity contribution in [3.8, 4) is 0 Å². The molecule has 0 aliphatic carbocycles. The molecule has 1 fully saturated rings. The third-order valence-corrected chi connectivity index (χ3v) is 6.17. The van der Waals surface area contributed by atoms with E-state index in [1.165, 1.54) is 16.2 Å². The zero-order valence-electron chi connectivity index (χ0n) is 16.4. The van der Waals surface area contributed by atoms with Gasteiger partial charge in [0.2, 0.25) is 17.7 Å². The molecule has 0 unspecified atom stereocenters. The number of carbonyl (C=O) groups excluding carboxylic acids is 3. The van der Waals surface area contributed by atoms with E-state index >= 15 is 0 Å². The summed E-state index contributed by atoms with van der Waals surface area (Å²) in [5.74, 6) is -0.238. The Labute approximate surface area is 179 Å². The highest BCUT2D eigenvalue weighted by atomic mass is 35.5. The number of aromatic nitrogens is 1. The average Bonchev–Trinajstić information content (AvgIpc) is 3.25. The second-order valence-electron chi connectivity index (χ2n) is 7.19. The third-order valence-electron chi connectivity index (χ3n) is 4.85. The number of carbonyl (C=O) groups is 3. The molecule has 1 aromatic heterocycles. The van der Waals surface area contributed by atoms with Crippen molar-refractivity contribution in [3.63, 3.8) is 0 Å². The quantitative estimate of drug-likeness (QED) is 0.471. The van der Waals surface area contributed by atoms with E-state index in [0.717, 1.165) is 40.3 Å². The fourth-order valence-electron chi connectivity index (χ4n) is 3.18. The number of halogens is 1. The smallest absolute Gasteiger partial charge is 0.229 e. The summed E-state index contributed by atoms with van der Waals surface area (Å²) in [7, 11) is 0. The van der Waals surface area contributed by atoms with Crippen LogP contribution in [0.2, 0.25) is 5.02 Å². The van der Waals surface area contributed by atoms with Crippen LogP contribution in [0.3, 0.4) is 0 Å². The van der Waals surface area contributed by atoms with E-state index in [1.807, 2.05) is 25.1 Å². The Morgan fingerprint density at radius 1 is 1.21 bits per heavy atom. The first-order chi connectivity index (χ1) is 13.9. The van der Waals surface area contributed by atoms with Crippen LogP contribution in [-0.4, -0.2) is 34.2 Å². The Kier molecular flexibility index (Phi) is 7.39. The highest BCUT2D eigenvalue weighted by Crippen LogP contribution is 2.24. The molecule has 0 bridgehead atoms. The van der Waals surface area contributed by atoms with Crippen molar-refractivity contribution in [2.24, 2.45) is 0 Å². The van der Waals surface area contributed by atoms with Crippen molar-refractivity contribution in [2.75, 3.05) is 11.9 Å². The van der Waals surface area contributed by atoms with Gasteiger partial charge in [-0.1, -0.05) is 30.2 Å². The molecule has 1 aliphatic heterocycles. The number of likely N-dealkylation sites (tertiary alicyclic amines) is 1. The summed E-state index contributed by atoms with van der Waals surface area (Å²) in [5, 5.41) is 4.18. The van der Waals surface area contributed by atoms with Gasteiger partial charge in [0.15, 0.2) is 5.13 Å². The second-order valence-corrected chi connectivity index (χ2v) is 8.71. The van der Waals surface area contributed by atoms with Gasteiger partial charge >= 0.3 is 0 Å². The Morgan fingerprint density at radius 3 is 2.69 bits per heavy atom. The summed E-state index contributed by atoms with van der Waals surface area (Å²) in [5.41, 5.74) is 2.16. The number of nitrogens with one attached hydrogen (secondary N) is 1. The summed E-state index contributed by atoms with van der Waals surface area (Å²) in [4.78, 5) is 41.8. The minimum absolute atomic E-state index is 0.0717. The maximum absolute atomic E-state index is 12.1. The van der Waals surface area contributed by atoms with E-state index in [1.54, 1.807) is 6.20 Å². The topological polar surface area (TPSA) is 79.4 Å². The van der Waals surface area contributed by atoms with E-state index in [2.05, 4.69) is 10.3 Å². The highest BCUT2D eigenvalue weighted by Gasteiger charge is 2.27. The SMILES string of the molecule is Cc1ccc(Cc2cnc(NC(=O)CCCCCN3C(=O)CCC3=O)s2)cc1Cl. The molecule has 8 heteroatoms. The summed E-state index contributed by atoms with van der Waals surface area (Å²) in [6, 6.07) is 6.00. The minimum atomic E-state index is -0.0831. The minimum Gasteiger partial charge on any atom is -0.302 e. The zero-order chi connectivity index (χ0) is 20.8. The van der Waals surface area contributed by atoms with Gasteiger partial charge in [-0.25, -0.2) is 4.98 Å². The van der Waals surface area contributed by atoms with E-state index in [0.29, 0.717) is 37.4 Å². The van der Waals surface area contributed by atoms with Gasteiger partial charge in [0.05, 0.1) is 0 Å². The number of rotatable bonds is 9. The summed E-state index contributed by atoms with van der Waals surface area (Å²) in [6.45, 7) is 2.43. The number of thiazole rings is 1. The summed E-state index contributed by atoms with van der Waals surface area (Å²) in [6.07, 6.45) is 5.78. The lowest BCUT2D eigenvalue weighted by molar-refractivity contribution is -0.138. The van der Waals surface area contributed by atoms with Crippen molar-refractivity contribution in [2.45, 2.75) is 51.9 Å². The molecular weight excluding hydrogens is 410 g/mol. The highest BCUT2D eigenvalue weighted by molar-refractivity contribution is 7.15. The molecule has 6 nitrogen and oxygen atoms in total. The fourth-order valence-corrected chi connectivity index (χ4v) is 4.25. The van der Waals surface area contributed by atoms with Crippen LogP contribution in [0.4, 0.5) is 5.13 Å². The molecule has 0 radical (unpaired) electrons. The molecule has 3 rings (SSSR count). The molecule has 154 valence electrons. The predicted octanol–water partition coefficient (Wildman–Crippen LogP) is 4.34. The lowest BCUT2D eigenvalue weighted by Gasteiger charge is -2.12. The number of anilines is 1. The number of hydrogen-bond donors (Lipinski definition) is 1. The van der Waals surface area contributed by atoms with Crippen molar-refractivity contribution in [1.29, 1.82) is 0 Å². The first-order valence-corrected chi connectivity index (χ1v) is 10.9. The standard InChI is InChI=1S/C21H24ClN3O3S/c1-14-6-7-15(12-17(14)22)11-16-13-23-21(29-16)24-18(26)5-3-2-4-10-25-19(27)8-9-20(25)28/h6-7,12-13H,2-5,8-11H2,1H3,(H,23,24,26). The molecular formula is C21H24ClN3O3S. The zero-order valence-corrected chi connectivity index (χ0v) is 17.9. The molecule has 0 spiro atoms. The molecule has 1 N–H and O–H groups in total. The first kappa shape index (κ1) is 21.5. The normalized spacial score (nSPS) is 13.9. The van der Waals surface area contributed by atoms with Crippen LogP contribution in [0.5, 0.6) is 0 Å². The number of aryl methyl sites for hydroxylation is 1. The molecule has 29 heavy (non-hydrogen) atoms. The van der Waals surface area contributed by atoms with Crippen LogP contribution in [0.1, 0.15) is 54.5 Å². The van der Waals surface area contributed by atoms with Gasteiger partial charge in [0.1, 0.15) is 0 Å². The van der Waals surface area contributed by atoms with Crippen LogP contribution in [-0.2, 0) is 20.8 Å². The summed E-state index contributed by atoms with van der Waals surface area (Å²) < 4.78 is 0. The first-order valence-electron chi connectivity index (χ1n) is 9.75. The predicted molar refractivity (Wildman–Crippen MR) is 114 cm³/mol. The number of benzene rings is 1. The largest absolute Gasteiger partial charge is 0.302 e. The molecule has 0 saturated carbocycles. The molecule has 1 aromatic carbocycles. The van der Waals surface area contributed by atoms with Crippen molar-refractivity contribution in [1.82, 2.24) is 9.88 Å². The molecule has 2 aromatic rings. The number of unbranched alkanes of at least 4 members (excludes halogenated alkanes) is 2. The lowest BCUT2D eigenvalue weighted by Crippen LogP contribution is -2.29. The van der Waals surface area contributed by atoms with Crippen molar-refractivity contribution >= 4 is 45.8 Å². The Morgan fingerprint density at radius 2 is 1.97 bits per heavy atom. The van der Waals surface area contributed by atoms with Crippen LogP contribution >= 0.6 is 22.9 Å². The Bertz CT molecular complexity index is 896. The van der Waals surface area contributed by atoms with E-state index in [-0.39, 0.29) is 17.7 Å². The number of amides is 3. The van der Waals surface area contributed by atoms with Gasteiger partial charge < -0.3 is 5.32 Å². The van der Waals surface area contributed by atoms with Crippen LogP contribution < -0.4 is 5.32 Å². The third kappa shape index (κ3) is 6.11. The van der Waals surface area contributed by atoms with Crippen molar-refractivity contribution < 1.29 is 14.4 Å². The number of hydrogen-bond acceptors (Lipinski definition) is 5. The van der Waals surface area contributed by atoms with E-state index in [4.69, 9.17) is 11.6 Å². The maximum atomic E-state index is 12.1. The van der Waals surface area contributed by atoms with Gasteiger partial charge in [-0.2, -0.15) is 0 Å². The van der Waals surface area contributed by atoms with E-state index in [9.17, 15) is 14.4 Å². The van der Waals surface area contributed by atoms with Gasteiger partial charge in [-0.15, -0.1) is 11.3 Å². The van der Waals surface area contributed by atoms with Gasteiger partial charge in [-0.3, -0.25) is 19.3 Å². The molecule has 1 aliphatic rings. The van der Waals surface area contributed by atoms with E-state index < -0.39 is 0 Å². The molecule has 2 heterocycles. The molecule has 3 amide bonds. The molecule has 1 saturated heterocycles.